The van der Waals surface area contributed by atoms with Crippen LogP contribution in [-0.2, 0) is 17.6 Å². The quantitative estimate of drug-likeness (QED) is 0.624. The molecule has 0 spiro atoms. The van der Waals surface area contributed by atoms with E-state index in [1.165, 1.54) is 6.07 Å². The Morgan fingerprint density at radius 1 is 1.21 bits per heavy atom. The topological polar surface area (TPSA) is 60.2 Å². The third-order valence-electron chi connectivity index (χ3n) is 2.54. The molecule has 1 aromatic carbocycles. The lowest BCUT2D eigenvalue weighted by molar-refractivity contribution is -0.380. The van der Waals surface area contributed by atoms with Crippen LogP contribution < -0.4 is 0 Å². The summed E-state index contributed by atoms with van der Waals surface area (Å²) in [5, 5.41) is 12.9. The van der Waals surface area contributed by atoms with Crippen molar-refractivity contribution in [3.63, 3.8) is 0 Å². The molecular weight excluding hydrogens is 286 g/mol. The molecule has 6 heteroatoms. The number of halogens is 1. The molecule has 2 rings (SSSR count). The number of rotatable bonds is 5. The van der Waals surface area contributed by atoms with Crippen molar-refractivity contribution in [3.05, 3.63) is 62.0 Å². The molecule has 0 saturated heterocycles. The minimum Gasteiger partial charge on any atom is -0.299 e. The van der Waals surface area contributed by atoms with Crippen LogP contribution in [0.2, 0.25) is 5.02 Å². The maximum Gasteiger partial charge on any atom is 0.324 e. The van der Waals surface area contributed by atoms with Crippen LogP contribution in [0, 0.1) is 10.1 Å². The normalized spacial score (nSPS) is 10.4. The second kappa shape index (κ2) is 5.95. The van der Waals surface area contributed by atoms with Crippen LogP contribution in [-0.4, -0.2) is 10.7 Å². The van der Waals surface area contributed by atoms with Crippen molar-refractivity contribution in [1.82, 2.24) is 0 Å². The Morgan fingerprint density at radius 2 is 1.84 bits per heavy atom. The summed E-state index contributed by atoms with van der Waals surface area (Å²) in [4.78, 5) is 21.9. The SMILES string of the molecule is O=C(Cc1ccc(Cl)cc1)Cc1csc([N+](=O)[O-])c1. The predicted octanol–water partition coefficient (Wildman–Crippen LogP) is 3.66. The van der Waals surface area contributed by atoms with Gasteiger partial charge in [0.25, 0.3) is 0 Å². The third kappa shape index (κ3) is 3.87. The van der Waals surface area contributed by atoms with Crippen molar-refractivity contribution >= 4 is 33.7 Å². The molecule has 0 fully saturated rings. The fourth-order valence-electron chi connectivity index (χ4n) is 1.67. The first-order valence-corrected chi connectivity index (χ1v) is 6.78. The fraction of sp³-hybridized carbons (Fsp3) is 0.154. The van der Waals surface area contributed by atoms with Crippen molar-refractivity contribution in [1.29, 1.82) is 0 Å². The summed E-state index contributed by atoms with van der Waals surface area (Å²) >= 11 is 6.80. The number of carbonyl (C=O) groups is 1. The van der Waals surface area contributed by atoms with Crippen LogP contribution in [0.4, 0.5) is 5.00 Å². The van der Waals surface area contributed by atoms with Crippen molar-refractivity contribution in [3.8, 4) is 0 Å². The van der Waals surface area contributed by atoms with Crippen molar-refractivity contribution in [2.75, 3.05) is 0 Å². The molecule has 4 nitrogen and oxygen atoms in total. The zero-order chi connectivity index (χ0) is 13.8. The van der Waals surface area contributed by atoms with Crippen LogP contribution in [0.3, 0.4) is 0 Å². The Bertz CT molecular complexity index is 607. The number of thiophene rings is 1. The second-order valence-corrected chi connectivity index (χ2v) is 5.40. The number of hydrogen-bond acceptors (Lipinski definition) is 4. The molecule has 0 N–H and O–H groups in total. The van der Waals surface area contributed by atoms with E-state index in [0.717, 1.165) is 16.9 Å². The largest absolute Gasteiger partial charge is 0.324 e. The highest BCUT2D eigenvalue weighted by Gasteiger charge is 2.12. The molecule has 2 aromatic rings. The number of nitro groups is 1. The van der Waals surface area contributed by atoms with Gasteiger partial charge in [-0.2, -0.15) is 0 Å². The van der Waals surface area contributed by atoms with Crippen LogP contribution in [0.25, 0.3) is 0 Å². The number of hydrogen-bond donors (Lipinski definition) is 0. The fourth-order valence-corrected chi connectivity index (χ4v) is 2.53. The molecule has 0 bridgehead atoms. The standard InChI is InChI=1S/C13H10ClNO3S/c14-11-3-1-9(2-4-11)5-12(16)6-10-7-13(15(17)18)19-8-10/h1-4,7-8H,5-6H2. The monoisotopic (exact) mass is 295 g/mol. The van der Waals surface area contributed by atoms with Gasteiger partial charge in [0.05, 0.1) is 4.92 Å². The van der Waals surface area contributed by atoms with Crippen molar-refractivity contribution in [2.45, 2.75) is 12.8 Å². The van der Waals surface area contributed by atoms with Gasteiger partial charge in [-0.15, -0.1) is 0 Å². The Morgan fingerprint density at radius 3 is 2.42 bits per heavy atom. The zero-order valence-electron chi connectivity index (χ0n) is 9.84. The molecule has 1 aromatic heterocycles. The number of carbonyl (C=O) groups excluding carboxylic acids is 1. The van der Waals surface area contributed by atoms with Crippen LogP contribution in [0.15, 0.2) is 35.7 Å². The smallest absolute Gasteiger partial charge is 0.299 e. The molecule has 0 radical (unpaired) electrons. The van der Waals surface area contributed by atoms with E-state index in [9.17, 15) is 14.9 Å². The van der Waals surface area contributed by atoms with Gasteiger partial charge in [0, 0.05) is 29.3 Å². The lowest BCUT2D eigenvalue weighted by atomic mass is 10.0. The van der Waals surface area contributed by atoms with Crippen molar-refractivity contribution < 1.29 is 9.72 Å². The summed E-state index contributed by atoms with van der Waals surface area (Å²) in [5.74, 6) is 0.0232. The average Bonchev–Trinajstić information content (AvgIpc) is 2.80. The third-order valence-corrected chi connectivity index (χ3v) is 3.72. The minimum absolute atomic E-state index is 0.0232. The number of nitrogens with zero attached hydrogens (tertiary/aromatic N) is 1. The van der Waals surface area contributed by atoms with Gasteiger partial charge in [-0.3, -0.25) is 14.9 Å². The van der Waals surface area contributed by atoms with E-state index in [-0.39, 0.29) is 17.2 Å². The van der Waals surface area contributed by atoms with Gasteiger partial charge in [0.2, 0.25) is 0 Å². The molecule has 1 heterocycles. The first-order valence-electron chi connectivity index (χ1n) is 5.52. The predicted molar refractivity (Wildman–Crippen MR) is 74.8 cm³/mol. The zero-order valence-corrected chi connectivity index (χ0v) is 11.4. The summed E-state index contributed by atoms with van der Waals surface area (Å²) in [6.07, 6.45) is 0.522. The van der Waals surface area contributed by atoms with Crippen molar-refractivity contribution in [2.24, 2.45) is 0 Å². The van der Waals surface area contributed by atoms with E-state index < -0.39 is 4.92 Å². The molecule has 0 unspecified atom stereocenters. The molecule has 0 aliphatic carbocycles. The summed E-state index contributed by atoms with van der Waals surface area (Å²) in [6.45, 7) is 0. The molecular formula is C13H10ClNO3S. The van der Waals surface area contributed by atoms with Crippen LogP contribution >= 0.6 is 22.9 Å². The average molecular weight is 296 g/mol. The molecule has 19 heavy (non-hydrogen) atoms. The van der Waals surface area contributed by atoms with E-state index in [4.69, 9.17) is 11.6 Å². The van der Waals surface area contributed by atoms with E-state index in [2.05, 4.69) is 0 Å². The molecule has 0 aliphatic heterocycles. The number of benzene rings is 1. The van der Waals surface area contributed by atoms with Gasteiger partial charge in [-0.1, -0.05) is 35.1 Å². The minimum atomic E-state index is -0.447. The summed E-state index contributed by atoms with van der Waals surface area (Å²) < 4.78 is 0. The highest BCUT2D eigenvalue weighted by Crippen LogP contribution is 2.23. The Kier molecular flexibility index (Phi) is 4.29. The lowest BCUT2D eigenvalue weighted by Crippen LogP contribution is -2.05. The number of ketones is 1. The van der Waals surface area contributed by atoms with E-state index >= 15 is 0 Å². The summed E-state index contributed by atoms with van der Waals surface area (Å²) in [6, 6.07) is 8.52. The highest BCUT2D eigenvalue weighted by molar-refractivity contribution is 7.13. The van der Waals surface area contributed by atoms with Gasteiger partial charge < -0.3 is 0 Å². The molecule has 0 saturated carbocycles. The maximum atomic E-state index is 11.8. The first kappa shape index (κ1) is 13.7. The molecule has 0 amide bonds. The lowest BCUT2D eigenvalue weighted by Gasteiger charge is -2.00. The Balaban J connectivity index is 1.97. The van der Waals surface area contributed by atoms with E-state index in [1.54, 1.807) is 29.6 Å². The summed E-state index contributed by atoms with van der Waals surface area (Å²) in [7, 11) is 0. The molecule has 98 valence electrons. The van der Waals surface area contributed by atoms with Gasteiger partial charge >= 0.3 is 5.00 Å². The Labute approximate surface area is 118 Å². The molecule has 0 aliphatic rings. The van der Waals surface area contributed by atoms with Gasteiger partial charge in [0.15, 0.2) is 0 Å². The Hall–Kier alpha value is -1.72. The van der Waals surface area contributed by atoms with Crippen LogP contribution in [0.1, 0.15) is 11.1 Å². The maximum absolute atomic E-state index is 11.8. The van der Waals surface area contributed by atoms with Gasteiger partial charge in [-0.05, 0) is 23.3 Å². The summed E-state index contributed by atoms with van der Waals surface area (Å²) in [5.41, 5.74) is 1.58. The second-order valence-electron chi connectivity index (χ2n) is 4.07. The highest BCUT2D eigenvalue weighted by atomic mass is 35.5. The van der Waals surface area contributed by atoms with Gasteiger partial charge in [0.1, 0.15) is 5.78 Å². The van der Waals surface area contributed by atoms with E-state index in [1.807, 2.05) is 0 Å². The molecule has 0 atom stereocenters. The van der Waals surface area contributed by atoms with E-state index in [0.29, 0.717) is 17.0 Å². The number of Topliss-reactive ketones (excluding diaryl/α,β-unsaturated/α-hetero) is 1. The van der Waals surface area contributed by atoms with Gasteiger partial charge in [-0.25, -0.2) is 0 Å². The van der Waals surface area contributed by atoms with Crippen LogP contribution in [0.5, 0.6) is 0 Å². The first-order chi connectivity index (χ1) is 9.04.